The molecule has 1 aromatic rings. The van der Waals surface area contributed by atoms with E-state index in [2.05, 4.69) is 31.3 Å². The molecule has 0 spiro atoms. The van der Waals surface area contributed by atoms with Gasteiger partial charge in [0.25, 0.3) is 0 Å². The van der Waals surface area contributed by atoms with Crippen LogP contribution in [0, 0.1) is 0 Å². The second-order valence-electron chi connectivity index (χ2n) is 3.08. The minimum absolute atomic E-state index is 0.175. The summed E-state index contributed by atoms with van der Waals surface area (Å²) in [4.78, 5) is 13.4. The molecule has 0 saturated heterocycles. The lowest BCUT2D eigenvalue weighted by Crippen LogP contribution is -2.31. The largest absolute Gasteiger partial charge is 0.480 e. The van der Waals surface area contributed by atoms with E-state index in [9.17, 15) is 4.79 Å². The highest BCUT2D eigenvalue weighted by Gasteiger charge is 2.16. The average Bonchev–Trinajstić information content (AvgIpc) is 2.28. The van der Waals surface area contributed by atoms with Crippen LogP contribution in [0.25, 0.3) is 10.4 Å². The summed E-state index contributed by atoms with van der Waals surface area (Å²) in [6.45, 7) is -0.175. The summed E-state index contributed by atoms with van der Waals surface area (Å²) in [6, 6.07) is 3.94. The van der Waals surface area contributed by atoms with Crippen molar-refractivity contribution in [2.75, 3.05) is 11.9 Å². The van der Waals surface area contributed by atoms with Gasteiger partial charge in [0, 0.05) is 15.1 Å². The number of azide groups is 1. The fourth-order valence-corrected chi connectivity index (χ4v) is 1.59. The molecule has 0 aliphatic heterocycles. The van der Waals surface area contributed by atoms with Gasteiger partial charge in [-0.15, -0.1) is 0 Å². The molecule has 0 saturated carbocycles. The number of aliphatic carboxylic acids is 1. The van der Waals surface area contributed by atoms with E-state index >= 15 is 0 Å². The van der Waals surface area contributed by atoms with E-state index in [0.29, 0.717) is 15.2 Å². The van der Waals surface area contributed by atoms with E-state index in [1.165, 1.54) is 0 Å². The number of rotatable bonds is 5. The number of halogens is 2. The second-order valence-corrected chi connectivity index (χ2v) is 4.34. The number of benzene rings is 1. The van der Waals surface area contributed by atoms with Gasteiger partial charge in [0.05, 0.1) is 11.6 Å². The summed E-state index contributed by atoms with van der Waals surface area (Å²) in [5.74, 6) is -1.09. The molecule has 0 fully saturated rings. The number of carbonyl (C=O) groups is 1. The van der Waals surface area contributed by atoms with Crippen LogP contribution in [0.1, 0.15) is 0 Å². The van der Waals surface area contributed by atoms with E-state index in [-0.39, 0.29) is 6.54 Å². The standard InChI is InChI=1S/C9H8BrClN4O2/c10-6-3-5(1-2-7(6)11)14-8(9(16)17)4-13-15-12/h1-3,8,14H,4H2,(H,16,17). The number of hydrogen-bond acceptors (Lipinski definition) is 3. The maximum atomic E-state index is 10.9. The van der Waals surface area contributed by atoms with Gasteiger partial charge in [-0.3, -0.25) is 0 Å². The fourth-order valence-electron chi connectivity index (χ4n) is 1.09. The van der Waals surface area contributed by atoms with Crippen LogP contribution in [0.4, 0.5) is 5.69 Å². The van der Waals surface area contributed by atoms with Gasteiger partial charge in [0.2, 0.25) is 0 Å². The highest BCUT2D eigenvalue weighted by atomic mass is 79.9. The summed E-state index contributed by atoms with van der Waals surface area (Å²) < 4.78 is 0.650. The van der Waals surface area contributed by atoms with Gasteiger partial charge in [-0.2, -0.15) is 0 Å². The van der Waals surface area contributed by atoms with Crippen molar-refractivity contribution in [2.45, 2.75) is 6.04 Å². The number of carboxylic acids is 1. The van der Waals surface area contributed by atoms with E-state index in [1.807, 2.05) is 0 Å². The Kier molecular flexibility index (Phi) is 5.09. The molecular formula is C9H8BrClN4O2. The van der Waals surface area contributed by atoms with Crippen LogP contribution in [0.5, 0.6) is 0 Å². The Morgan fingerprint density at radius 2 is 2.41 bits per heavy atom. The first-order valence-electron chi connectivity index (χ1n) is 4.50. The van der Waals surface area contributed by atoms with Crippen LogP contribution in [0.15, 0.2) is 27.8 Å². The Hall–Kier alpha value is -1.43. The first kappa shape index (κ1) is 13.6. The van der Waals surface area contributed by atoms with E-state index < -0.39 is 12.0 Å². The summed E-state index contributed by atoms with van der Waals surface area (Å²) in [5, 5.41) is 15.4. The Balaban J connectivity index is 2.81. The summed E-state index contributed by atoms with van der Waals surface area (Å²) >= 11 is 9.03. The molecular weight excluding hydrogens is 311 g/mol. The first-order valence-corrected chi connectivity index (χ1v) is 5.67. The van der Waals surface area contributed by atoms with Crippen LogP contribution < -0.4 is 5.32 Å². The van der Waals surface area contributed by atoms with Crippen molar-refractivity contribution in [1.82, 2.24) is 0 Å². The molecule has 1 rings (SSSR count). The van der Waals surface area contributed by atoms with Crippen molar-refractivity contribution in [1.29, 1.82) is 0 Å². The molecule has 0 aliphatic carbocycles. The van der Waals surface area contributed by atoms with E-state index in [4.69, 9.17) is 22.2 Å². The number of anilines is 1. The zero-order valence-electron chi connectivity index (χ0n) is 8.47. The molecule has 0 aromatic heterocycles. The molecule has 0 radical (unpaired) electrons. The lowest BCUT2D eigenvalue weighted by Gasteiger charge is -2.13. The highest BCUT2D eigenvalue weighted by molar-refractivity contribution is 9.10. The molecule has 0 amide bonds. The first-order chi connectivity index (χ1) is 8.04. The van der Waals surface area contributed by atoms with Gasteiger partial charge >= 0.3 is 5.97 Å². The predicted molar refractivity (Wildman–Crippen MR) is 68.2 cm³/mol. The zero-order chi connectivity index (χ0) is 12.8. The average molecular weight is 320 g/mol. The van der Waals surface area contributed by atoms with Crippen molar-refractivity contribution in [3.63, 3.8) is 0 Å². The van der Waals surface area contributed by atoms with Gasteiger partial charge < -0.3 is 10.4 Å². The Labute approximate surface area is 110 Å². The smallest absolute Gasteiger partial charge is 0.326 e. The molecule has 0 heterocycles. The minimum Gasteiger partial charge on any atom is -0.480 e. The molecule has 0 bridgehead atoms. The fraction of sp³-hybridized carbons (Fsp3) is 0.222. The monoisotopic (exact) mass is 318 g/mol. The van der Waals surface area contributed by atoms with Crippen molar-refractivity contribution in [3.05, 3.63) is 38.1 Å². The zero-order valence-corrected chi connectivity index (χ0v) is 10.8. The molecule has 90 valence electrons. The lowest BCUT2D eigenvalue weighted by atomic mass is 10.2. The maximum absolute atomic E-state index is 10.9. The van der Waals surface area contributed by atoms with Crippen molar-refractivity contribution in [3.8, 4) is 0 Å². The molecule has 6 nitrogen and oxygen atoms in total. The van der Waals surface area contributed by atoms with Gasteiger partial charge in [-0.05, 0) is 39.7 Å². The number of nitrogens with zero attached hydrogens (tertiary/aromatic N) is 3. The molecule has 0 aliphatic rings. The number of carboxylic acid groups (broad SMARTS) is 1. The van der Waals surface area contributed by atoms with Gasteiger partial charge in [-0.1, -0.05) is 16.7 Å². The highest BCUT2D eigenvalue weighted by Crippen LogP contribution is 2.25. The molecule has 1 atom stereocenters. The topological polar surface area (TPSA) is 98.1 Å². The van der Waals surface area contributed by atoms with Gasteiger partial charge in [0.1, 0.15) is 6.04 Å². The SMILES string of the molecule is [N-]=[N+]=NCC(Nc1ccc(Cl)c(Br)c1)C(=O)O. The normalized spacial score (nSPS) is 11.4. The van der Waals surface area contributed by atoms with Crippen molar-refractivity contribution < 1.29 is 9.90 Å². The van der Waals surface area contributed by atoms with Crippen LogP contribution in [0.3, 0.4) is 0 Å². The third kappa shape index (κ3) is 4.14. The molecule has 1 aromatic carbocycles. The van der Waals surface area contributed by atoms with Crippen LogP contribution in [-0.2, 0) is 4.79 Å². The van der Waals surface area contributed by atoms with Crippen LogP contribution in [-0.4, -0.2) is 23.7 Å². The third-order valence-corrected chi connectivity index (χ3v) is 3.10. The molecule has 17 heavy (non-hydrogen) atoms. The van der Waals surface area contributed by atoms with Gasteiger partial charge in [0.15, 0.2) is 0 Å². The van der Waals surface area contributed by atoms with E-state index in [0.717, 1.165) is 0 Å². The maximum Gasteiger partial charge on any atom is 0.326 e. The molecule has 2 N–H and O–H groups in total. The minimum atomic E-state index is -1.09. The summed E-state index contributed by atoms with van der Waals surface area (Å²) in [7, 11) is 0. The van der Waals surface area contributed by atoms with E-state index in [1.54, 1.807) is 18.2 Å². The van der Waals surface area contributed by atoms with Crippen molar-refractivity contribution >= 4 is 39.2 Å². The summed E-state index contributed by atoms with van der Waals surface area (Å²) in [6.07, 6.45) is 0. The van der Waals surface area contributed by atoms with Crippen LogP contribution >= 0.6 is 27.5 Å². The second kappa shape index (κ2) is 6.34. The number of hydrogen-bond donors (Lipinski definition) is 2. The van der Waals surface area contributed by atoms with Crippen molar-refractivity contribution in [2.24, 2.45) is 5.11 Å². The summed E-state index contributed by atoms with van der Waals surface area (Å²) in [5.41, 5.74) is 8.73. The Morgan fingerprint density at radius 1 is 1.71 bits per heavy atom. The third-order valence-electron chi connectivity index (χ3n) is 1.89. The molecule has 8 heteroatoms. The predicted octanol–water partition coefficient (Wildman–Crippen LogP) is 3.28. The lowest BCUT2D eigenvalue weighted by molar-refractivity contribution is -0.137. The quantitative estimate of drug-likeness (QED) is 0.495. The van der Waals surface area contributed by atoms with Crippen LogP contribution in [0.2, 0.25) is 5.02 Å². The Bertz CT molecular complexity index is 476. The van der Waals surface area contributed by atoms with Gasteiger partial charge in [-0.25, -0.2) is 4.79 Å². The Morgan fingerprint density at radius 3 is 2.94 bits per heavy atom. The number of nitrogens with one attached hydrogen (secondary N) is 1. The molecule has 1 unspecified atom stereocenters.